The number of carbonyl (C=O) groups is 3. The maximum Gasteiger partial charge on any atom is 0.256 e. The van der Waals surface area contributed by atoms with Crippen LogP contribution in [0.15, 0.2) is 18.3 Å². The molecule has 7 nitrogen and oxygen atoms in total. The van der Waals surface area contributed by atoms with Gasteiger partial charge in [0.2, 0.25) is 11.8 Å². The Bertz CT molecular complexity index is 622. The quantitative estimate of drug-likeness (QED) is 0.802. The van der Waals surface area contributed by atoms with Gasteiger partial charge >= 0.3 is 0 Å². The highest BCUT2D eigenvalue weighted by atomic mass is 16.2. The SMILES string of the molecule is CN(C)c1ccc(C(=O)N(C2CC2)[C@H]2CC(=O)NC2=O)cn1. The van der Waals surface area contributed by atoms with Gasteiger partial charge in [0.25, 0.3) is 5.91 Å². The summed E-state index contributed by atoms with van der Waals surface area (Å²) in [5, 5.41) is 2.27. The number of aromatic nitrogens is 1. The second-order valence-electron chi connectivity index (χ2n) is 5.88. The summed E-state index contributed by atoms with van der Waals surface area (Å²) in [7, 11) is 3.74. The zero-order valence-corrected chi connectivity index (χ0v) is 12.6. The van der Waals surface area contributed by atoms with Crippen LogP contribution in [0.4, 0.5) is 5.82 Å². The fraction of sp³-hybridized carbons (Fsp3) is 0.467. The molecule has 2 fully saturated rings. The van der Waals surface area contributed by atoms with Crippen molar-refractivity contribution in [2.45, 2.75) is 31.3 Å². The third-order valence-electron chi connectivity index (χ3n) is 3.91. The number of hydrogen-bond donors (Lipinski definition) is 1. The van der Waals surface area contributed by atoms with Crippen LogP contribution in [-0.4, -0.2) is 53.8 Å². The molecule has 1 aromatic heterocycles. The van der Waals surface area contributed by atoms with Gasteiger partial charge in [-0.2, -0.15) is 0 Å². The van der Waals surface area contributed by atoms with Crippen molar-refractivity contribution in [1.82, 2.24) is 15.2 Å². The Morgan fingerprint density at radius 2 is 2.00 bits per heavy atom. The third kappa shape index (κ3) is 2.66. The van der Waals surface area contributed by atoms with Gasteiger partial charge in [-0.1, -0.05) is 0 Å². The number of nitrogens with one attached hydrogen (secondary N) is 1. The molecule has 1 aliphatic carbocycles. The summed E-state index contributed by atoms with van der Waals surface area (Å²) >= 11 is 0. The lowest BCUT2D eigenvalue weighted by Crippen LogP contribution is -2.46. The molecule has 3 amide bonds. The van der Waals surface area contributed by atoms with Crippen molar-refractivity contribution >= 4 is 23.5 Å². The number of pyridine rings is 1. The highest BCUT2D eigenvalue weighted by Crippen LogP contribution is 2.32. The molecule has 1 N–H and O–H groups in total. The zero-order valence-electron chi connectivity index (χ0n) is 12.6. The van der Waals surface area contributed by atoms with Gasteiger partial charge in [-0.25, -0.2) is 4.98 Å². The molecule has 0 bridgehead atoms. The van der Waals surface area contributed by atoms with E-state index in [0.717, 1.165) is 18.7 Å². The molecule has 1 aliphatic heterocycles. The molecule has 3 rings (SSSR count). The molecule has 0 unspecified atom stereocenters. The van der Waals surface area contributed by atoms with Gasteiger partial charge in [0, 0.05) is 26.3 Å². The Hall–Kier alpha value is -2.44. The predicted molar refractivity (Wildman–Crippen MR) is 79.3 cm³/mol. The van der Waals surface area contributed by atoms with Crippen molar-refractivity contribution in [3.8, 4) is 0 Å². The van der Waals surface area contributed by atoms with Crippen molar-refractivity contribution < 1.29 is 14.4 Å². The van der Waals surface area contributed by atoms with Crippen LogP contribution in [0.3, 0.4) is 0 Å². The molecular weight excluding hydrogens is 284 g/mol. The standard InChI is InChI=1S/C15H18N4O3/c1-18(2)12-6-3-9(8-16-12)15(22)19(10-4-5-10)11-7-13(20)17-14(11)21/h3,6,8,10-11H,4-5,7H2,1-2H3,(H,17,20,21)/t11-/m0/s1. The summed E-state index contributed by atoms with van der Waals surface area (Å²) in [4.78, 5) is 43.6. The number of amides is 3. The summed E-state index contributed by atoms with van der Waals surface area (Å²) in [6.45, 7) is 0. The maximum absolute atomic E-state index is 12.7. The average Bonchev–Trinajstić information content (AvgIpc) is 3.25. The van der Waals surface area contributed by atoms with E-state index in [1.807, 2.05) is 19.0 Å². The molecule has 0 spiro atoms. The molecule has 2 aliphatic rings. The van der Waals surface area contributed by atoms with Gasteiger partial charge in [0.15, 0.2) is 0 Å². The summed E-state index contributed by atoms with van der Waals surface area (Å²) < 4.78 is 0. The second-order valence-corrected chi connectivity index (χ2v) is 5.88. The van der Waals surface area contributed by atoms with Crippen LogP contribution in [-0.2, 0) is 9.59 Å². The van der Waals surface area contributed by atoms with Crippen molar-refractivity contribution in [3.05, 3.63) is 23.9 Å². The lowest BCUT2D eigenvalue weighted by Gasteiger charge is -2.26. The molecule has 1 atom stereocenters. The molecule has 1 aromatic rings. The Morgan fingerprint density at radius 1 is 1.27 bits per heavy atom. The second kappa shape index (κ2) is 5.40. The molecule has 1 saturated heterocycles. The summed E-state index contributed by atoms with van der Waals surface area (Å²) in [5.74, 6) is -0.198. The van der Waals surface area contributed by atoms with Gasteiger partial charge < -0.3 is 9.80 Å². The Morgan fingerprint density at radius 3 is 2.45 bits per heavy atom. The molecule has 0 aromatic carbocycles. The summed E-state index contributed by atoms with van der Waals surface area (Å²) in [6.07, 6.45) is 3.30. The molecule has 116 valence electrons. The zero-order chi connectivity index (χ0) is 15.9. The van der Waals surface area contributed by atoms with Crippen molar-refractivity contribution in [2.24, 2.45) is 0 Å². The number of hydrogen-bond acceptors (Lipinski definition) is 5. The Labute approximate surface area is 128 Å². The van der Waals surface area contributed by atoms with Gasteiger partial charge in [-0.05, 0) is 25.0 Å². The van der Waals surface area contributed by atoms with E-state index in [4.69, 9.17) is 0 Å². The van der Waals surface area contributed by atoms with Crippen LogP contribution < -0.4 is 10.2 Å². The number of imide groups is 1. The highest BCUT2D eigenvalue weighted by Gasteiger charge is 2.44. The maximum atomic E-state index is 12.7. The first-order valence-corrected chi connectivity index (χ1v) is 7.27. The van der Waals surface area contributed by atoms with E-state index in [9.17, 15) is 14.4 Å². The molecule has 0 radical (unpaired) electrons. The van der Waals surface area contributed by atoms with E-state index in [0.29, 0.717) is 5.56 Å². The molecule has 22 heavy (non-hydrogen) atoms. The lowest BCUT2D eigenvalue weighted by atomic mass is 10.1. The van der Waals surface area contributed by atoms with E-state index in [1.165, 1.54) is 6.20 Å². The lowest BCUT2D eigenvalue weighted by molar-refractivity contribution is -0.126. The average molecular weight is 302 g/mol. The van der Waals surface area contributed by atoms with Gasteiger partial charge in [-0.3, -0.25) is 19.7 Å². The number of rotatable bonds is 4. The van der Waals surface area contributed by atoms with Crippen LogP contribution in [0.2, 0.25) is 0 Å². The Kier molecular flexibility index (Phi) is 3.56. The highest BCUT2D eigenvalue weighted by molar-refractivity contribution is 6.08. The normalized spacial score (nSPS) is 20.7. The van der Waals surface area contributed by atoms with Crippen molar-refractivity contribution in [1.29, 1.82) is 0 Å². The predicted octanol–water partition coefficient (Wildman–Crippen LogP) is 0.167. The summed E-state index contributed by atoms with van der Waals surface area (Å²) in [6, 6.07) is 2.82. The van der Waals surface area contributed by atoms with E-state index >= 15 is 0 Å². The van der Waals surface area contributed by atoms with E-state index in [1.54, 1.807) is 17.0 Å². The van der Waals surface area contributed by atoms with E-state index in [-0.39, 0.29) is 30.2 Å². The van der Waals surface area contributed by atoms with Crippen LogP contribution in [0.5, 0.6) is 0 Å². The molecule has 7 heteroatoms. The van der Waals surface area contributed by atoms with Crippen LogP contribution in [0, 0.1) is 0 Å². The molecular formula is C15H18N4O3. The number of nitrogens with zero attached hydrogens (tertiary/aromatic N) is 3. The summed E-state index contributed by atoms with van der Waals surface area (Å²) in [5.41, 5.74) is 0.435. The first kappa shape index (κ1) is 14.5. The first-order valence-electron chi connectivity index (χ1n) is 7.27. The van der Waals surface area contributed by atoms with E-state index < -0.39 is 6.04 Å². The van der Waals surface area contributed by atoms with Crippen molar-refractivity contribution in [2.75, 3.05) is 19.0 Å². The van der Waals surface area contributed by atoms with Crippen LogP contribution >= 0.6 is 0 Å². The topological polar surface area (TPSA) is 82.6 Å². The fourth-order valence-corrected chi connectivity index (χ4v) is 2.61. The van der Waals surface area contributed by atoms with Gasteiger partial charge in [0.1, 0.15) is 11.9 Å². The molecule has 2 heterocycles. The van der Waals surface area contributed by atoms with Crippen molar-refractivity contribution in [3.63, 3.8) is 0 Å². The van der Waals surface area contributed by atoms with Crippen LogP contribution in [0.1, 0.15) is 29.6 Å². The minimum Gasteiger partial charge on any atom is -0.363 e. The minimum absolute atomic E-state index is 0.0441. The third-order valence-corrected chi connectivity index (χ3v) is 3.91. The smallest absolute Gasteiger partial charge is 0.256 e. The molecule has 1 saturated carbocycles. The monoisotopic (exact) mass is 302 g/mol. The fourth-order valence-electron chi connectivity index (χ4n) is 2.61. The Balaban J connectivity index is 1.84. The minimum atomic E-state index is -0.693. The van der Waals surface area contributed by atoms with Gasteiger partial charge in [-0.15, -0.1) is 0 Å². The largest absolute Gasteiger partial charge is 0.363 e. The van der Waals surface area contributed by atoms with Gasteiger partial charge in [0.05, 0.1) is 12.0 Å². The first-order chi connectivity index (χ1) is 10.5. The number of carbonyl (C=O) groups excluding carboxylic acids is 3. The van der Waals surface area contributed by atoms with Crippen LogP contribution in [0.25, 0.3) is 0 Å². The number of anilines is 1. The van der Waals surface area contributed by atoms with E-state index in [2.05, 4.69) is 10.3 Å².